The number of primary amides is 1. The molecule has 0 spiro atoms. The molecule has 1 unspecified atom stereocenters. The molecule has 104 valence electrons. The van der Waals surface area contributed by atoms with Crippen molar-refractivity contribution in [3.63, 3.8) is 0 Å². The van der Waals surface area contributed by atoms with Crippen molar-refractivity contribution >= 4 is 11.7 Å². The average molecular weight is 271 g/mol. The fourth-order valence-electron chi connectivity index (χ4n) is 2.46. The van der Waals surface area contributed by atoms with Crippen LogP contribution >= 0.6 is 0 Å². The summed E-state index contributed by atoms with van der Waals surface area (Å²) in [5.74, 6) is -0.447. The van der Waals surface area contributed by atoms with Gasteiger partial charge in [-0.15, -0.1) is 0 Å². The molecule has 1 heterocycles. The lowest BCUT2D eigenvalue weighted by Gasteiger charge is -2.30. The van der Waals surface area contributed by atoms with Crippen molar-refractivity contribution in [2.45, 2.75) is 12.8 Å². The van der Waals surface area contributed by atoms with Crippen LogP contribution in [0.15, 0.2) is 24.3 Å². The van der Waals surface area contributed by atoms with Gasteiger partial charge in [-0.2, -0.15) is 5.26 Å². The first kappa shape index (κ1) is 14.2. The number of nitrogens with two attached hydrogens (primary N) is 1. The maximum atomic E-state index is 12.1. The number of amides is 1. The number of nitrogens with zero attached hydrogens (tertiary/aromatic N) is 2. The first-order valence-electron chi connectivity index (χ1n) is 6.65. The second kappa shape index (κ2) is 6.31. The van der Waals surface area contributed by atoms with Crippen LogP contribution in [0.5, 0.6) is 0 Å². The number of rotatable bonds is 4. The average Bonchev–Trinajstić information content (AvgIpc) is 2.47. The molecule has 1 aromatic rings. The molecule has 5 heteroatoms. The molecule has 0 radical (unpaired) electrons. The molecule has 1 aliphatic heterocycles. The number of piperidine rings is 1. The second-order valence-electron chi connectivity index (χ2n) is 5.09. The van der Waals surface area contributed by atoms with Gasteiger partial charge in [0.05, 0.1) is 24.1 Å². The van der Waals surface area contributed by atoms with Crippen molar-refractivity contribution in [1.82, 2.24) is 4.90 Å². The minimum atomic E-state index is -0.291. The summed E-state index contributed by atoms with van der Waals surface area (Å²) in [5, 5.41) is 8.72. The van der Waals surface area contributed by atoms with Crippen LogP contribution in [-0.2, 0) is 4.79 Å². The van der Waals surface area contributed by atoms with E-state index in [-0.39, 0.29) is 24.2 Å². The zero-order valence-electron chi connectivity index (χ0n) is 11.2. The molecule has 0 aliphatic carbocycles. The van der Waals surface area contributed by atoms with Gasteiger partial charge in [-0.05, 0) is 31.5 Å². The first-order chi connectivity index (χ1) is 9.60. The molecule has 2 rings (SSSR count). The summed E-state index contributed by atoms with van der Waals surface area (Å²) in [6.45, 7) is 1.65. The Morgan fingerprint density at radius 1 is 1.35 bits per heavy atom. The second-order valence-corrected chi connectivity index (χ2v) is 5.09. The molecule has 1 saturated heterocycles. The molecule has 1 amide bonds. The zero-order chi connectivity index (χ0) is 14.5. The summed E-state index contributed by atoms with van der Waals surface area (Å²) in [4.78, 5) is 25.3. The summed E-state index contributed by atoms with van der Waals surface area (Å²) >= 11 is 0. The number of nitriles is 1. The van der Waals surface area contributed by atoms with Crippen LogP contribution in [0, 0.1) is 17.2 Å². The highest BCUT2D eigenvalue weighted by molar-refractivity contribution is 5.97. The van der Waals surface area contributed by atoms with Crippen LogP contribution in [0.4, 0.5) is 0 Å². The van der Waals surface area contributed by atoms with E-state index in [0.29, 0.717) is 17.7 Å². The topological polar surface area (TPSA) is 87.2 Å². The molecule has 1 aliphatic rings. The van der Waals surface area contributed by atoms with Crippen molar-refractivity contribution in [2.24, 2.45) is 11.7 Å². The normalized spacial score (nSPS) is 19.2. The quantitative estimate of drug-likeness (QED) is 0.825. The van der Waals surface area contributed by atoms with Gasteiger partial charge in [0.1, 0.15) is 0 Å². The van der Waals surface area contributed by atoms with E-state index in [1.807, 2.05) is 11.0 Å². The first-order valence-corrected chi connectivity index (χ1v) is 6.65. The summed E-state index contributed by atoms with van der Waals surface area (Å²) < 4.78 is 0. The molecule has 20 heavy (non-hydrogen) atoms. The molecule has 0 saturated carbocycles. The van der Waals surface area contributed by atoms with Gasteiger partial charge in [-0.3, -0.25) is 14.5 Å². The molecule has 0 aromatic heterocycles. The Hall–Kier alpha value is -2.19. The van der Waals surface area contributed by atoms with Gasteiger partial charge in [-0.1, -0.05) is 12.1 Å². The van der Waals surface area contributed by atoms with Crippen LogP contribution < -0.4 is 5.73 Å². The Kier molecular flexibility index (Phi) is 4.49. The number of carbonyl (C=O) groups is 2. The fourth-order valence-corrected chi connectivity index (χ4v) is 2.46. The molecule has 5 nitrogen and oxygen atoms in total. The van der Waals surface area contributed by atoms with E-state index >= 15 is 0 Å². The van der Waals surface area contributed by atoms with E-state index in [1.54, 1.807) is 24.3 Å². The van der Waals surface area contributed by atoms with Gasteiger partial charge >= 0.3 is 0 Å². The third kappa shape index (κ3) is 3.43. The lowest BCUT2D eigenvalue weighted by molar-refractivity contribution is -0.123. The molecule has 0 bridgehead atoms. The minimum Gasteiger partial charge on any atom is -0.369 e. The van der Waals surface area contributed by atoms with Crippen LogP contribution in [-0.4, -0.2) is 36.2 Å². The zero-order valence-corrected chi connectivity index (χ0v) is 11.2. The Labute approximate surface area is 118 Å². The van der Waals surface area contributed by atoms with Crippen molar-refractivity contribution in [3.8, 4) is 6.07 Å². The number of ketones is 1. The Morgan fingerprint density at radius 3 is 2.65 bits per heavy atom. The van der Waals surface area contributed by atoms with E-state index in [0.717, 1.165) is 19.4 Å². The Bertz CT molecular complexity index is 545. The number of hydrogen-bond donors (Lipinski definition) is 1. The summed E-state index contributed by atoms with van der Waals surface area (Å²) in [7, 11) is 0. The molecule has 2 N–H and O–H groups in total. The molecular formula is C15H17N3O2. The highest BCUT2D eigenvalue weighted by Crippen LogP contribution is 2.16. The standard InChI is InChI=1S/C15H17N3O2/c16-8-11-3-5-12(6-4-11)14(19)10-18-7-1-2-13(9-18)15(17)20/h3-6,13H,1-2,7,9-10H2,(H2,17,20). The maximum Gasteiger partial charge on any atom is 0.221 e. The Morgan fingerprint density at radius 2 is 2.05 bits per heavy atom. The van der Waals surface area contributed by atoms with Crippen molar-refractivity contribution in [2.75, 3.05) is 19.6 Å². The highest BCUT2D eigenvalue weighted by Gasteiger charge is 2.25. The van der Waals surface area contributed by atoms with Gasteiger partial charge in [0, 0.05) is 12.1 Å². The van der Waals surface area contributed by atoms with Gasteiger partial charge in [0.2, 0.25) is 5.91 Å². The number of likely N-dealkylation sites (tertiary alicyclic amines) is 1. The van der Waals surface area contributed by atoms with Crippen LogP contribution in [0.1, 0.15) is 28.8 Å². The molecule has 1 atom stereocenters. The summed E-state index contributed by atoms with van der Waals surface area (Å²) in [6.07, 6.45) is 1.69. The van der Waals surface area contributed by atoms with Gasteiger partial charge in [0.15, 0.2) is 5.78 Å². The van der Waals surface area contributed by atoms with Crippen LogP contribution in [0.25, 0.3) is 0 Å². The van der Waals surface area contributed by atoms with Gasteiger partial charge in [0.25, 0.3) is 0 Å². The number of carbonyl (C=O) groups excluding carboxylic acids is 2. The van der Waals surface area contributed by atoms with Crippen molar-refractivity contribution < 1.29 is 9.59 Å². The van der Waals surface area contributed by atoms with E-state index in [2.05, 4.69) is 0 Å². The maximum absolute atomic E-state index is 12.1. The lowest BCUT2D eigenvalue weighted by atomic mass is 9.97. The molecular weight excluding hydrogens is 254 g/mol. The minimum absolute atomic E-state index is 0.000361. The van der Waals surface area contributed by atoms with Crippen LogP contribution in [0.2, 0.25) is 0 Å². The summed E-state index contributed by atoms with van der Waals surface area (Å²) in [6, 6.07) is 8.61. The smallest absolute Gasteiger partial charge is 0.221 e. The van der Waals surface area contributed by atoms with E-state index in [9.17, 15) is 9.59 Å². The Balaban J connectivity index is 1.96. The van der Waals surface area contributed by atoms with Gasteiger partial charge in [-0.25, -0.2) is 0 Å². The summed E-state index contributed by atoms with van der Waals surface area (Å²) in [5.41, 5.74) is 6.45. The van der Waals surface area contributed by atoms with E-state index in [4.69, 9.17) is 11.0 Å². The monoisotopic (exact) mass is 271 g/mol. The number of hydrogen-bond acceptors (Lipinski definition) is 4. The lowest BCUT2D eigenvalue weighted by Crippen LogP contribution is -2.43. The fraction of sp³-hybridized carbons (Fsp3) is 0.400. The third-order valence-electron chi connectivity index (χ3n) is 3.61. The van der Waals surface area contributed by atoms with Crippen molar-refractivity contribution in [1.29, 1.82) is 5.26 Å². The SMILES string of the molecule is N#Cc1ccc(C(=O)CN2CCCC(C(N)=O)C2)cc1. The number of Topliss-reactive ketones (excluding diaryl/α,β-unsaturated/α-hetero) is 1. The van der Waals surface area contributed by atoms with Gasteiger partial charge < -0.3 is 5.73 Å². The predicted octanol–water partition coefficient (Wildman–Crippen LogP) is 0.938. The number of benzene rings is 1. The largest absolute Gasteiger partial charge is 0.369 e. The highest BCUT2D eigenvalue weighted by atomic mass is 16.1. The van der Waals surface area contributed by atoms with Crippen molar-refractivity contribution in [3.05, 3.63) is 35.4 Å². The molecule has 1 fully saturated rings. The van der Waals surface area contributed by atoms with Crippen LogP contribution in [0.3, 0.4) is 0 Å². The predicted molar refractivity (Wildman–Crippen MR) is 73.8 cm³/mol. The third-order valence-corrected chi connectivity index (χ3v) is 3.61. The molecule has 1 aromatic carbocycles. The van der Waals surface area contributed by atoms with E-state index < -0.39 is 0 Å². The van der Waals surface area contributed by atoms with E-state index in [1.165, 1.54) is 0 Å².